The van der Waals surface area contributed by atoms with Crippen molar-refractivity contribution in [3.05, 3.63) is 21.8 Å². The van der Waals surface area contributed by atoms with Crippen molar-refractivity contribution in [2.75, 3.05) is 0 Å². The molecule has 0 N–H and O–H groups in total. The molecule has 5 heteroatoms. The highest BCUT2D eigenvalue weighted by atomic mass is 32.2. The Kier molecular flexibility index (Phi) is 2.21. The largest absolute Gasteiger partial charge is 0.238 e. The smallest absolute Gasteiger partial charge is 0.113 e. The second-order valence-corrected chi connectivity index (χ2v) is 4.23. The van der Waals surface area contributed by atoms with E-state index in [9.17, 15) is 0 Å². The zero-order chi connectivity index (χ0) is 7.52. The van der Waals surface area contributed by atoms with Gasteiger partial charge in [-0.1, -0.05) is 0 Å². The predicted molar refractivity (Wildman–Crippen MR) is 48.4 cm³/mol. The molecular formula is C6H4N2S3. The normalized spacial score (nSPS) is 10.2. The van der Waals surface area contributed by atoms with Crippen molar-refractivity contribution in [2.45, 2.75) is 10.1 Å². The monoisotopic (exact) mass is 200 g/mol. The summed E-state index contributed by atoms with van der Waals surface area (Å²) in [7, 11) is 0. The third-order valence-electron chi connectivity index (χ3n) is 1.03. The Bertz CT molecular complexity index is 268. The van der Waals surface area contributed by atoms with Gasteiger partial charge in [0.15, 0.2) is 0 Å². The molecule has 2 aromatic rings. The Morgan fingerprint density at radius 1 is 1.00 bits per heavy atom. The van der Waals surface area contributed by atoms with E-state index in [1.807, 2.05) is 21.8 Å². The maximum Gasteiger partial charge on any atom is 0.113 e. The van der Waals surface area contributed by atoms with Gasteiger partial charge in [0.05, 0.1) is 11.0 Å². The van der Waals surface area contributed by atoms with Gasteiger partial charge in [-0.05, 0) is 11.8 Å². The standard InChI is InChI=1S/C6H4N2S3/c1-5(7-3-9-1)11-6-2-10-4-8-6/h1-4H. The van der Waals surface area contributed by atoms with Gasteiger partial charge in [0.2, 0.25) is 0 Å². The van der Waals surface area contributed by atoms with E-state index < -0.39 is 0 Å². The average molecular weight is 200 g/mol. The molecule has 0 aromatic carbocycles. The van der Waals surface area contributed by atoms with E-state index in [1.165, 1.54) is 0 Å². The third kappa shape index (κ3) is 1.79. The van der Waals surface area contributed by atoms with Gasteiger partial charge in [-0.3, -0.25) is 0 Å². The Morgan fingerprint density at radius 2 is 1.55 bits per heavy atom. The first-order chi connectivity index (χ1) is 5.45. The fourth-order valence-electron chi connectivity index (χ4n) is 0.611. The van der Waals surface area contributed by atoms with Crippen LogP contribution in [-0.2, 0) is 0 Å². The van der Waals surface area contributed by atoms with E-state index in [2.05, 4.69) is 9.97 Å². The molecule has 0 unspecified atom stereocenters. The van der Waals surface area contributed by atoms with Gasteiger partial charge in [0.25, 0.3) is 0 Å². The summed E-state index contributed by atoms with van der Waals surface area (Å²) in [5.74, 6) is 0. The Labute approximate surface area is 76.3 Å². The van der Waals surface area contributed by atoms with Crippen LogP contribution in [0.15, 0.2) is 31.8 Å². The van der Waals surface area contributed by atoms with Crippen LogP contribution in [0.25, 0.3) is 0 Å². The lowest BCUT2D eigenvalue weighted by molar-refractivity contribution is 1.16. The van der Waals surface area contributed by atoms with Crippen LogP contribution in [0.2, 0.25) is 0 Å². The molecule has 0 bridgehead atoms. The van der Waals surface area contributed by atoms with E-state index in [1.54, 1.807) is 34.4 Å². The van der Waals surface area contributed by atoms with Gasteiger partial charge in [0.1, 0.15) is 10.1 Å². The van der Waals surface area contributed by atoms with Crippen LogP contribution in [0.4, 0.5) is 0 Å². The molecule has 0 fully saturated rings. The molecule has 0 aliphatic rings. The van der Waals surface area contributed by atoms with Gasteiger partial charge in [-0.2, -0.15) is 0 Å². The van der Waals surface area contributed by atoms with Crippen LogP contribution < -0.4 is 0 Å². The molecule has 2 heterocycles. The Morgan fingerprint density at radius 3 is 1.91 bits per heavy atom. The van der Waals surface area contributed by atoms with Crippen LogP contribution in [0.5, 0.6) is 0 Å². The average Bonchev–Trinajstić information content (AvgIpc) is 2.60. The van der Waals surface area contributed by atoms with Gasteiger partial charge in [-0.15, -0.1) is 22.7 Å². The highest BCUT2D eigenvalue weighted by Crippen LogP contribution is 2.26. The summed E-state index contributed by atoms with van der Waals surface area (Å²) < 4.78 is 0. The van der Waals surface area contributed by atoms with Crippen molar-refractivity contribution in [2.24, 2.45) is 0 Å². The quantitative estimate of drug-likeness (QED) is 0.745. The van der Waals surface area contributed by atoms with E-state index in [0.717, 1.165) is 10.1 Å². The minimum absolute atomic E-state index is 1.03. The summed E-state index contributed by atoms with van der Waals surface area (Å²) >= 11 is 4.81. The van der Waals surface area contributed by atoms with Crippen LogP contribution in [0.3, 0.4) is 0 Å². The van der Waals surface area contributed by atoms with E-state index in [-0.39, 0.29) is 0 Å². The summed E-state index contributed by atoms with van der Waals surface area (Å²) in [6.07, 6.45) is 0. The van der Waals surface area contributed by atoms with E-state index in [0.29, 0.717) is 0 Å². The molecule has 0 atom stereocenters. The molecule has 0 saturated carbocycles. The van der Waals surface area contributed by atoms with Crippen LogP contribution in [-0.4, -0.2) is 9.97 Å². The summed E-state index contributed by atoms with van der Waals surface area (Å²) in [6, 6.07) is 0. The summed E-state index contributed by atoms with van der Waals surface area (Å²) in [5.41, 5.74) is 3.66. The first-order valence-electron chi connectivity index (χ1n) is 2.89. The van der Waals surface area contributed by atoms with Gasteiger partial charge >= 0.3 is 0 Å². The first kappa shape index (κ1) is 7.27. The molecule has 0 amide bonds. The summed E-state index contributed by atoms with van der Waals surface area (Å²) in [6.45, 7) is 0. The van der Waals surface area contributed by atoms with Crippen molar-refractivity contribution in [3.63, 3.8) is 0 Å². The Balaban J connectivity index is 2.14. The third-order valence-corrected chi connectivity index (χ3v) is 3.36. The molecular weight excluding hydrogens is 196 g/mol. The van der Waals surface area contributed by atoms with Gasteiger partial charge in [-0.25, -0.2) is 9.97 Å². The minimum atomic E-state index is 1.03. The second-order valence-electron chi connectivity index (χ2n) is 1.76. The molecule has 11 heavy (non-hydrogen) atoms. The number of aromatic nitrogens is 2. The number of thiazole rings is 2. The topological polar surface area (TPSA) is 25.8 Å². The minimum Gasteiger partial charge on any atom is -0.238 e. The number of nitrogens with zero attached hydrogens (tertiary/aromatic N) is 2. The SMILES string of the molecule is c1nc(Sc2cscn2)cs1. The lowest BCUT2D eigenvalue weighted by Gasteiger charge is -1.87. The van der Waals surface area contributed by atoms with Crippen molar-refractivity contribution < 1.29 is 0 Å². The highest BCUT2D eigenvalue weighted by molar-refractivity contribution is 7.99. The maximum atomic E-state index is 4.14. The van der Waals surface area contributed by atoms with Crippen LogP contribution in [0, 0.1) is 0 Å². The molecule has 2 aromatic heterocycles. The lowest BCUT2D eigenvalue weighted by atomic mass is 11.0. The van der Waals surface area contributed by atoms with Crippen molar-refractivity contribution in [3.8, 4) is 0 Å². The molecule has 56 valence electrons. The van der Waals surface area contributed by atoms with Crippen molar-refractivity contribution in [1.29, 1.82) is 0 Å². The Hall–Kier alpha value is -0.390. The maximum absolute atomic E-state index is 4.14. The number of rotatable bonds is 2. The predicted octanol–water partition coefficient (Wildman–Crippen LogP) is 2.75. The lowest BCUT2D eigenvalue weighted by Crippen LogP contribution is -1.69. The van der Waals surface area contributed by atoms with E-state index in [4.69, 9.17) is 0 Å². The van der Waals surface area contributed by atoms with E-state index >= 15 is 0 Å². The molecule has 0 saturated heterocycles. The van der Waals surface area contributed by atoms with Crippen molar-refractivity contribution >= 4 is 34.4 Å². The van der Waals surface area contributed by atoms with Crippen LogP contribution >= 0.6 is 34.4 Å². The molecule has 2 rings (SSSR count). The fourth-order valence-corrected chi connectivity index (χ4v) is 2.71. The molecule has 0 spiro atoms. The zero-order valence-corrected chi connectivity index (χ0v) is 7.88. The molecule has 0 aliphatic heterocycles. The number of hydrogen-bond donors (Lipinski definition) is 0. The molecule has 0 aliphatic carbocycles. The van der Waals surface area contributed by atoms with Gasteiger partial charge in [0, 0.05) is 10.8 Å². The van der Waals surface area contributed by atoms with Crippen molar-refractivity contribution in [1.82, 2.24) is 9.97 Å². The van der Waals surface area contributed by atoms with Crippen LogP contribution in [0.1, 0.15) is 0 Å². The second kappa shape index (κ2) is 3.34. The zero-order valence-electron chi connectivity index (χ0n) is 5.43. The molecule has 0 radical (unpaired) electrons. The summed E-state index contributed by atoms with van der Waals surface area (Å²) in [5, 5.41) is 6.09. The van der Waals surface area contributed by atoms with Gasteiger partial charge < -0.3 is 0 Å². The molecule has 2 nitrogen and oxygen atoms in total. The number of hydrogen-bond acceptors (Lipinski definition) is 5. The fraction of sp³-hybridized carbons (Fsp3) is 0. The summed E-state index contributed by atoms with van der Waals surface area (Å²) in [4.78, 5) is 8.27. The first-order valence-corrected chi connectivity index (χ1v) is 5.59. The highest BCUT2D eigenvalue weighted by Gasteiger charge is 1.99.